The van der Waals surface area contributed by atoms with Gasteiger partial charge in [-0.15, -0.1) is 11.3 Å². The molecule has 4 heteroatoms. The summed E-state index contributed by atoms with van der Waals surface area (Å²) in [5.41, 5.74) is 1.82. The number of hydrogen-bond donors (Lipinski definition) is 0. The molecule has 0 spiro atoms. The first kappa shape index (κ1) is 13.6. The zero-order valence-corrected chi connectivity index (χ0v) is 11.9. The van der Waals surface area contributed by atoms with Crippen LogP contribution in [0.4, 0.5) is 4.39 Å². The van der Waals surface area contributed by atoms with Crippen LogP contribution in [0.1, 0.15) is 15.2 Å². The molecule has 0 radical (unpaired) electrons. The summed E-state index contributed by atoms with van der Waals surface area (Å²) < 4.78 is 12.9. The Labute approximate surface area is 125 Å². The lowest BCUT2D eigenvalue weighted by atomic mass is 10.1. The lowest BCUT2D eigenvalue weighted by Crippen LogP contribution is -2.00. The zero-order chi connectivity index (χ0) is 14.7. The minimum atomic E-state index is -0.261. The van der Waals surface area contributed by atoms with Crippen molar-refractivity contribution in [2.45, 2.75) is 6.42 Å². The number of carbonyl (C=O) groups excluding carboxylic acids is 1. The molecule has 104 valence electrons. The lowest BCUT2D eigenvalue weighted by Gasteiger charge is -1.98. The highest BCUT2D eigenvalue weighted by Gasteiger charge is 2.11. The monoisotopic (exact) mass is 297 g/mol. The second kappa shape index (κ2) is 5.97. The summed E-state index contributed by atoms with van der Waals surface area (Å²) in [6, 6.07) is 13.7. The van der Waals surface area contributed by atoms with E-state index in [1.54, 1.807) is 24.5 Å². The highest BCUT2D eigenvalue weighted by molar-refractivity contribution is 7.17. The molecule has 0 fully saturated rings. The van der Waals surface area contributed by atoms with Gasteiger partial charge in [-0.2, -0.15) is 0 Å². The van der Waals surface area contributed by atoms with Crippen molar-refractivity contribution in [1.29, 1.82) is 0 Å². The molecular formula is C17H12FNOS. The van der Waals surface area contributed by atoms with Crippen molar-refractivity contribution in [3.05, 3.63) is 77.2 Å². The predicted octanol–water partition coefficient (Wildman–Crippen LogP) is 4.37. The van der Waals surface area contributed by atoms with Crippen molar-refractivity contribution in [3.8, 4) is 10.4 Å². The number of nitrogens with zero attached hydrogens (tertiary/aromatic N) is 1. The van der Waals surface area contributed by atoms with Gasteiger partial charge < -0.3 is 0 Å². The molecule has 2 heterocycles. The smallest absolute Gasteiger partial charge is 0.177 e. The van der Waals surface area contributed by atoms with E-state index < -0.39 is 0 Å². The van der Waals surface area contributed by atoms with E-state index >= 15 is 0 Å². The molecule has 21 heavy (non-hydrogen) atoms. The van der Waals surface area contributed by atoms with Gasteiger partial charge in [-0.05, 0) is 41.5 Å². The van der Waals surface area contributed by atoms with Gasteiger partial charge in [-0.3, -0.25) is 9.78 Å². The van der Waals surface area contributed by atoms with Crippen molar-refractivity contribution in [3.63, 3.8) is 0 Å². The Bertz CT molecular complexity index is 750. The first-order valence-electron chi connectivity index (χ1n) is 6.50. The average Bonchev–Trinajstić information content (AvgIpc) is 2.99. The molecule has 0 atom stereocenters. The highest BCUT2D eigenvalue weighted by atomic mass is 32.1. The largest absolute Gasteiger partial charge is 0.293 e. The molecule has 0 aliphatic rings. The van der Waals surface area contributed by atoms with Crippen LogP contribution in [0.15, 0.2) is 60.9 Å². The van der Waals surface area contributed by atoms with E-state index in [0.29, 0.717) is 11.3 Å². The molecule has 0 saturated heterocycles. The van der Waals surface area contributed by atoms with E-state index in [2.05, 4.69) is 4.98 Å². The second-order valence-electron chi connectivity index (χ2n) is 4.63. The van der Waals surface area contributed by atoms with E-state index in [4.69, 9.17) is 0 Å². The van der Waals surface area contributed by atoms with Crippen LogP contribution in [-0.4, -0.2) is 10.8 Å². The number of halogens is 1. The van der Waals surface area contributed by atoms with Gasteiger partial charge in [0.05, 0.1) is 4.88 Å². The molecule has 0 unspecified atom stereocenters. The normalized spacial score (nSPS) is 10.5. The van der Waals surface area contributed by atoms with Crippen molar-refractivity contribution >= 4 is 17.1 Å². The van der Waals surface area contributed by atoms with Gasteiger partial charge in [0.15, 0.2) is 5.78 Å². The van der Waals surface area contributed by atoms with Crippen LogP contribution in [0, 0.1) is 5.82 Å². The Hall–Kier alpha value is -2.33. The van der Waals surface area contributed by atoms with Crippen molar-refractivity contribution < 1.29 is 9.18 Å². The molecule has 0 aliphatic heterocycles. The number of carbonyl (C=O) groups is 1. The third kappa shape index (κ3) is 3.23. The zero-order valence-electron chi connectivity index (χ0n) is 11.1. The van der Waals surface area contributed by atoms with E-state index in [9.17, 15) is 9.18 Å². The molecule has 0 amide bonds. The molecule has 3 aromatic rings. The number of aromatic nitrogens is 1. The average molecular weight is 297 g/mol. The predicted molar refractivity (Wildman–Crippen MR) is 82.0 cm³/mol. The van der Waals surface area contributed by atoms with Crippen molar-refractivity contribution in [2.75, 3.05) is 0 Å². The molecule has 1 aromatic carbocycles. The number of rotatable bonds is 4. The molecule has 0 N–H and O–H groups in total. The van der Waals surface area contributed by atoms with Crippen LogP contribution < -0.4 is 0 Å². The summed E-state index contributed by atoms with van der Waals surface area (Å²) in [7, 11) is 0. The van der Waals surface area contributed by atoms with Gasteiger partial charge in [-0.25, -0.2) is 4.39 Å². The first-order chi connectivity index (χ1) is 10.2. The number of thiophene rings is 1. The van der Waals surface area contributed by atoms with Gasteiger partial charge in [-0.1, -0.05) is 18.2 Å². The van der Waals surface area contributed by atoms with Gasteiger partial charge >= 0.3 is 0 Å². The number of benzene rings is 1. The summed E-state index contributed by atoms with van der Waals surface area (Å²) >= 11 is 1.43. The molecule has 0 aliphatic carbocycles. The van der Waals surface area contributed by atoms with Crippen molar-refractivity contribution in [1.82, 2.24) is 4.98 Å². The Morgan fingerprint density at radius 1 is 1.10 bits per heavy atom. The number of Topliss-reactive ketones (excluding diaryl/α,β-unsaturated/α-hetero) is 1. The molecular weight excluding hydrogens is 285 g/mol. The third-order valence-electron chi connectivity index (χ3n) is 3.10. The summed E-state index contributed by atoms with van der Waals surface area (Å²) in [5.74, 6) is -0.190. The molecule has 2 nitrogen and oxygen atoms in total. The third-order valence-corrected chi connectivity index (χ3v) is 4.27. The summed E-state index contributed by atoms with van der Waals surface area (Å²) in [4.78, 5) is 17.9. The molecule has 0 saturated carbocycles. The van der Waals surface area contributed by atoms with Crippen LogP contribution in [0.3, 0.4) is 0 Å². The minimum Gasteiger partial charge on any atom is -0.293 e. The molecule has 3 rings (SSSR count). The molecule has 0 bridgehead atoms. The number of pyridine rings is 1. The second-order valence-corrected chi connectivity index (χ2v) is 5.72. The highest BCUT2D eigenvalue weighted by Crippen LogP contribution is 2.28. The number of ketones is 1. The SMILES string of the molecule is O=C(Cc1cccnc1)c1ccc(-c2ccc(F)cc2)s1. The Morgan fingerprint density at radius 2 is 1.90 bits per heavy atom. The van der Waals surface area contributed by atoms with Gasteiger partial charge in [0, 0.05) is 23.7 Å². The first-order valence-corrected chi connectivity index (χ1v) is 7.32. The van der Waals surface area contributed by atoms with E-state index in [0.717, 1.165) is 16.0 Å². The van der Waals surface area contributed by atoms with E-state index in [1.807, 2.05) is 24.3 Å². The van der Waals surface area contributed by atoms with Crippen LogP contribution >= 0.6 is 11.3 Å². The fourth-order valence-electron chi connectivity index (χ4n) is 2.03. The Morgan fingerprint density at radius 3 is 2.62 bits per heavy atom. The quantitative estimate of drug-likeness (QED) is 0.669. The van der Waals surface area contributed by atoms with Crippen molar-refractivity contribution in [2.24, 2.45) is 0 Å². The summed E-state index contributed by atoms with van der Waals surface area (Å²) in [6.07, 6.45) is 3.73. The maximum atomic E-state index is 12.9. The standard InChI is InChI=1S/C17H12FNOS/c18-14-5-3-13(4-6-14)16-7-8-17(21-16)15(20)10-12-2-1-9-19-11-12/h1-9,11H,10H2. The minimum absolute atomic E-state index is 0.0707. The maximum absolute atomic E-state index is 12.9. The van der Waals surface area contributed by atoms with Crippen LogP contribution in [0.2, 0.25) is 0 Å². The van der Waals surface area contributed by atoms with Gasteiger partial charge in [0.2, 0.25) is 0 Å². The van der Waals surface area contributed by atoms with Crippen LogP contribution in [0.5, 0.6) is 0 Å². The Kier molecular flexibility index (Phi) is 3.88. The van der Waals surface area contributed by atoms with Crippen LogP contribution in [0.25, 0.3) is 10.4 Å². The van der Waals surface area contributed by atoms with Crippen LogP contribution in [-0.2, 0) is 6.42 Å². The maximum Gasteiger partial charge on any atom is 0.177 e. The molecule has 2 aromatic heterocycles. The summed E-state index contributed by atoms with van der Waals surface area (Å²) in [5, 5.41) is 0. The Balaban J connectivity index is 1.78. The fraction of sp³-hybridized carbons (Fsp3) is 0.0588. The van der Waals surface area contributed by atoms with E-state index in [1.165, 1.54) is 23.5 Å². The lowest BCUT2D eigenvalue weighted by molar-refractivity contribution is 0.0996. The van der Waals surface area contributed by atoms with Gasteiger partial charge in [0.1, 0.15) is 5.82 Å². The van der Waals surface area contributed by atoms with E-state index in [-0.39, 0.29) is 11.6 Å². The van der Waals surface area contributed by atoms with Gasteiger partial charge in [0.25, 0.3) is 0 Å². The topological polar surface area (TPSA) is 30.0 Å². The fourth-order valence-corrected chi connectivity index (χ4v) is 2.98. The summed E-state index contributed by atoms with van der Waals surface area (Å²) in [6.45, 7) is 0. The number of hydrogen-bond acceptors (Lipinski definition) is 3.